The number of amides is 1. The molecule has 0 spiro atoms. The number of hydrogen-bond donors (Lipinski definition) is 3. The lowest BCUT2D eigenvalue weighted by Crippen LogP contribution is -2.52. The van der Waals surface area contributed by atoms with Crippen molar-refractivity contribution in [3.05, 3.63) is 24.3 Å². The van der Waals surface area contributed by atoms with Gasteiger partial charge < -0.3 is 20.5 Å². The van der Waals surface area contributed by atoms with Gasteiger partial charge in [-0.15, -0.1) is 0 Å². The van der Waals surface area contributed by atoms with E-state index in [9.17, 15) is 31.5 Å². The molecular formula is C14H17F3N2O5S. The Hall–Kier alpha value is -1.69. The van der Waals surface area contributed by atoms with Crippen LogP contribution >= 0.6 is 0 Å². The number of hydrogen-bond acceptors (Lipinski definition) is 6. The smallest absolute Gasteiger partial charge is 0.373 e. The highest BCUT2D eigenvalue weighted by molar-refractivity contribution is 7.92. The minimum absolute atomic E-state index is 0.0869. The van der Waals surface area contributed by atoms with Crippen LogP contribution in [0, 0.1) is 0 Å². The van der Waals surface area contributed by atoms with E-state index in [0.717, 1.165) is 24.3 Å². The zero-order chi connectivity index (χ0) is 18.9. The van der Waals surface area contributed by atoms with Crippen LogP contribution in [-0.2, 0) is 19.4 Å². The number of nitrogens with one attached hydrogen (secondary N) is 2. The minimum Gasteiger partial charge on any atom is -0.373 e. The number of sulfone groups is 1. The van der Waals surface area contributed by atoms with Gasteiger partial charge >= 0.3 is 6.18 Å². The molecule has 1 heterocycles. The first kappa shape index (κ1) is 19.6. The van der Waals surface area contributed by atoms with Gasteiger partial charge in [-0.2, -0.15) is 13.2 Å². The quantitative estimate of drug-likeness (QED) is 0.707. The molecule has 25 heavy (non-hydrogen) atoms. The number of halogens is 3. The fraction of sp³-hybridized carbons (Fsp3) is 0.500. The SMILES string of the molecule is CC(O)(C(=O)Nc1ccc(S(=O)(=O)C2CNCCO2)cc1)C(F)(F)F. The molecule has 1 aliphatic heterocycles. The maximum absolute atomic E-state index is 12.6. The van der Waals surface area contributed by atoms with E-state index in [0.29, 0.717) is 13.5 Å². The molecule has 1 aliphatic rings. The molecule has 2 atom stereocenters. The lowest BCUT2D eigenvalue weighted by Gasteiger charge is -2.25. The first-order valence-electron chi connectivity index (χ1n) is 7.23. The summed E-state index contributed by atoms with van der Waals surface area (Å²) in [5.74, 6) is -1.67. The maximum atomic E-state index is 12.6. The van der Waals surface area contributed by atoms with Crippen LogP contribution in [-0.4, -0.2) is 56.3 Å². The first-order valence-corrected chi connectivity index (χ1v) is 8.78. The summed E-state index contributed by atoms with van der Waals surface area (Å²) in [4.78, 5) is 11.5. The molecule has 140 valence electrons. The van der Waals surface area contributed by atoms with Gasteiger partial charge in [0.05, 0.1) is 11.5 Å². The van der Waals surface area contributed by atoms with Gasteiger partial charge in [0, 0.05) is 18.8 Å². The number of benzene rings is 1. The van der Waals surface area contributed by atoms with Crippen molar-refractivity contribution < 1.29 is 36.2 Å². The van der Waals surface area contributed by atoms with Crippen molar-refractivity contribution >= 4 is 21.4 Å². The standard InChI is InChI=1S/C14H17F3N2O5S/c1-13(21,14(15,16)17)12(20)19-9-2-4-10(5-3-9)25(22,23)11-8-18-6-7-24-11/h2-5,11,18,21H,6-8H2,1H3,(H,19,20). The summed E-state index contributed by atoms with van der Waals surface area (Å²) in [5.41, 5.74) is -4.72. The average Bonchev–Trinajstić information content (AvgIpc) is 2.55. The average molecular weight is 382 g/mol. The van der Waals surface area contributed by atoms with Crippen molar-refractivity contribution in [3.8, 4) is 0 Å². The summed E-state index contributed by atoms with van der Waals surface area (Å²) in [6, 6.07) is 4.55. The molecule has 7 nitrogen and oxygen atoms in total. The second kappa shape index (κ2) is 6.90. The minimum atomic E-state index is -5.15. The van der Waals surface area contributed by atoms with Gasteiger partial charge in [-0.1, -0.05) is 0 Å². The summed E-state index contributed by atoms with van der Waals surface area (Å²) in [7, 11) is -3.79. The van der Waals surface area contributed by atoms with Crippen LogP contribution in [0.3, 0.4) is 0 Å². The topological polar surface area (TPSA) is 105 Å². The fourth-order valence-electron chi connectivity index (χ4n) is 2.00. The van der Waals surface area contributed by atoms with Crippen molar-refractivity contribution in [1.82, 2.24) is 5.32 Å². The molecule has 3 N–H and O–H groups in total. The number of rotatable bonds is 4. The number of morpholine rings is 1. The molecule has 0 radical (unpaired) electrons. The summed E-state index contributed by atoms with van der Waals surface area (Å²) >= 11 is 0. The Labute approximate surface area is 142 Å². The van der Waals surface area contributed by atoms with Gasteiger partial charge in [0.25, 0.3) is 5.91 Å². The van der Waals surface area contributed by atoms with Crippen LogP contribution in [0.4, 0.5) is 18.9 Å². The van der Waals surface area contributed by atoms with Gasteiger partial charge in [0.15, 0.2) is 5.44 Å². The molecule has 0 bridgehead atoms. The maximum Gasteiger partial charge on any atom is 0.426 e. The molecule has 2 unspecified atom stereocenters. The Morgan fingerprint density at radius 3 is 2.40 bits per heavy atom. The molecule has 1 amide bonds. The van der Waals surface area contributed by atoms with E-state index >= 15 is 0 Å². The van der Waals surface area contributed by atoms with E-state index in [1.165, 1.54) is 0 Å². The van der Waals surface area contributed by atoms with Crippen LogP contribution in [0.25, 0.3) is 0 Å². The monoisotopic (exact) mass is 382 g/mol. The van der Waals surface area contributed by atoms with Gasteiger partial charge in [-0.25, -0.2) is 8.42 Å². The number of carbonyl (C=O) groups excluding carboxylic acids is 1. The molecule has 1 fully saturated rings. The van der Waals surface area contributed by atoms with Crippen molar-refractivity contribution in [3.63, 3.8) is 0 Å². The van der Waals surface area contributed by atoms with Crippen molar-refractivity contribution in [1.29, 1.82) is 0 Å². The fourth-order valence-corrected chi connectivity index (χ4v) is 3.43. The van der Waals surface area contributed by atoms with E-state index in [4.69, 9.17) is 4.74 Å². The molecule has 1 saturated heterocycles. The summed E-state index contributed by atoms with van der Waals surface area (Å²) in [5, 5.41) is 14.1. The molecule has 0 aliphatic carbocycles. The Morgan fingerprint density at radius 2 is 1.92 bits per heavy atom. The number of aliphatic hydroxyl groups is 1. The van der Waals surface area contributed by atoms with E-state index in [2.05, 4.69) is 5.32 Å². The first-order chi connectivity index (χ1) is 11.5. The van der Waals surface area contributed by atoms with Crippen molar-refractivity contribution in [2.75, 3.05) is 25.0 Å². The number of ether oxygens (including phenoxy) is 1. The van der Waals surface area contributed by atoms with Gasteiger partial charge in [0.2, 0.25) is 15.4 Å². The zero-order valence-corrected chi connectivity index (χ0v) is 13.9. The molecule has 11 heteroatoms. The largest absolute Gasteiger partial charge is 0.426 e. The third-order valence-corrected chi connectivity index (χ3v) is 5.60. The van der Waals surface area contributed by atoms with E-state index < -0.39 is 33.0 Å². The second-order valence-electron chi connectivity index (χ2n) is 5.60. The molecule has 0 saturated carbocycles. The van der Waals surface area contributed by atoms with Gasteiger partial charge in [-0.05, 0) is 31.2 Å². The van der Waals surface area contributed by atoms with Gasteiger partial charge in [-0.3, -0.25) is 4.79 Å². The zero-order valence-electron chi connectivity index (χ0n) is 13.1. The third kappa shape index (κ3) is 4.11. The Morgan fingerprint density at radius 1 is 1.32 bits per heavy atom. The molecular weight excluding hydrogens is 365 g/mol. The predicted octanol–water partition coefficient (Wildman–Crippen LogP) is 0.658. The Kier molecular flexibility index (Phi) is 5.42. The highest BCUT2D eigenvalue weighted by Crippen LogP contribution is 2.31. The van der Waals surface area contributed by atoms with Crippen molar-refractivity contribution in [2.24, 2.45) is 0 Å². The summed E-state index contributed by atoms with van der Waals surface area (Å²) in [6.07, 6.45) is -5.15. The molecule has 1 aromatic rings. The van der Waals surface area contributed by atoms with Crippen LogP contribution in [0.2, 0.25) is 0 Å². The Bertz CT molecular complexity index is 726. The number of anilines is 1. The summed E-state index contributed by atoms with van der Waals surface area (Å²) in [6.45, 7) is 1.23. The van der Waals surface area contributed by atoms with Crippen LogP contribution in [0.5, 0.6) is 0 Å². The van der Waals surface area contributed by atoms with Crippen LogP contribution in [0.15, 0.2) is 29.2 Å². The predicted molar refractivity (Wildman–Crippen MR) is 81.5 cm³/mol. The lowest BCUT2D eigenvalue weighted by atomic mass is 10.1. The van der Waals surface area contributed by atoms with Crippen LogP contribution < -0.4 is 10.6 Å². The molecule has 2 rings (SSSR count). The van der Waals surface area contributed by atoms with E-state index in [-0.39, 0.29) is 23.7 Å². The number of alkyl halides is 3. The van der Waals surface area contributed by atoms with Gasteiger partial charge in [0.1, 0.15) is 0 Å². The lowest BCUT2D eigenvalue weighted by molar-refractivity contribution is -0.242. The normalized spacial score (nSPS) is 21.4. The highest BCUT2D eigenvalue weighted by Gasteiger charge is 2.55. The number of carbonyl (C=O) groups is 1. The van der Waals surface area contributed by atoms with E-state index in [1.54, 1.807) is 0 Å². The summed E-state index contributed by atoms with van der Waals surface area (Å²) < 4.78 is 67.7. The molecule has 1 aromatic carbocycles. The Balaban J connectivity index is 2.13. The second-order valence-corrected chi connectivity index (χ2v) is 7.69. The highest BCUT2D eigenvalue weighted by atomic mass is 32.2. The van der Waals surface area contributed by atoms with Crippen molar-refractivity contribution in [2.45, 2.75) is 29.0 Å². The van der Waals surface area contributed by atoms with E-state index in [1.807, 2.05) is 5.32 Å². The van der Waals surface area contributed by atoms with Crippen LogP contribution in [0.1, 0.15) is 6.92 Å². The third-order valence-electron chi connectivity index (χ3n) is 3.67. The molecule has 0 aromatic heterocycles.